The molecule has 0 saturated heterocycles. The van der Waals surface area contributed by atoms with E-state index in [0.717, 1.165) is 14.9 Å². The fraction of sp³-hybridized carbons (Fsp3) is 0.125. The maximum atomic E-state index is 12.1. The number of nitrogens with one attached hydrogen (secondary N) is 1. The fourth-order valence-electron chi connectivity index (χ4n) is 2.41. The highest BCUT2D eigenvalue weighted by Crippen LogP contribution is 2.24. The van der Waals surface area contributed by atoms with Crippen molar-refractivity contribution in [2.75, 3.05) is 0 Å². The molecule has 9 heteroatoms. The molecule has 4 heterocycles. The summed E-state index contributed by atoms with van der Waals surface area (Å²) in [7, 11) is 0. The predicted octanol–water partition coefficient (Wildman–Crippen LogP) is 3.07. The smallest absolute Gasteiger partial charge is 0.255 e. The maximum absolute atomic E-state index is 12.1. The van der Waals surface area contributed by atoms with E-state index in [1.165, 1.54) is 12.5 Å². The Hall–Kier alpha value is -2.69. The summed E-state index contributed by atoms with van der Waals surface area (Å²) >= 11 is 2.20. The molecule has 126 valence electrons. The van der Waals surface area contributed by atoms with Gasteiger partial charge < -0.3 is 14.3 Å². The van der Waals surface area contributed by atoms with Crippen molar-refractivity contribution in [1.29, 1.82) is 0 Å². The molecule has 25 heavy (non-hydrogen) atoms. The van der Waals surface area contributed by atoms with Crippen molar-refractivity contribution in [3.63, 3.8) is 0 Å². The molecule has 0 spiro atoms. The van der Waals surface area contributed by atoms with Crippen molar-refractivity contribution >= 4 is 34.1 Å². The van der Waals surface area contributed by atoms with Gasteiger partial charge in [0.2, 0.25) is 11.7 Å². The molecule has 0 unspecified atom stereocenters. The third kappa shape index (κ3) is 2.90. The first-order valence-corrected chi connectivity index (χ1v) is 8.50. The van der Waals surface area contributed by atoms with Gasteiger partial charge in [0.15, 0.2) is 0 Å². The van der Waals surface area contributed by atoms with Gasteiger partial charge in [0.1, 0.15) is 21.7 Å². The van der Waals surface area contributed by atoms with E-state index < -0.39 is 6.04 Å². The summed E-state index contributed by atoms with van der Waals surface area (Å²) in [5.74, 6) is 0.466. The summed E-state index contributed by atoms with van der Waals surface area (Å²) in [6.45, 7) is 1.77. The van der Waals surface area contributed by atoms with E-state index in [1.807, 2.05) is 22.7 Å². The van der Waals surface area contributed by atoms with Crippen molar-refractivity contribution in [3.8, 4) is 11.4 Å². The van der Waals surface area contributed by atoms with E-state index in [1.54, 1.807) is 19.2 Å². The molecule has 1 atom stereocenters. The molecule has 0 aromatic carbocycles. The number of nitrogens with zero attached hydrogens (tertiary/aromatic N) is 4. The van der Waals surface area contributed by atoms with Crippen LogP contribution in [0.3, 0.4) is 0 Å². The molecule has 0 aliphatic rings. The lowest BCUT2D eigenvalue weighted by Crippen LogP contribution is -2.26. The molecule has 4 rings (SSSR count). The summed E-state index contributed by atoms with van der Waals surface area (Å²) in [4.78, 5) is 20.9. The molecular weight excluding hydrogens is 437 g/mol. The van der Waals surface area contributed by atoms with Crippen LogP contribution in [0.1, 0.15) is 29.2 Å². The zero-order valence-corrected chi connectivity index (χ0v) is 15.2. The first kappa shape index (κ1) is 15.8. The topological polar surface area (TPSA) is 98.5 Å². The number of halogens is 1. The van der Waals surface area contributed by atoms with Crippen LogP contribution in [0.25, 0.3) is 17.0 Å². The standard InChI is InChI=1S/C16H12IN5O3/c1-9(19-15(23)10-4-6-24-8-10)16-20-13(21-25-16)11-3-2-5-22-12(17)7-18-14(11)22/h2-9H,1H3,(H,19,23)/t9-/m0/s1. The maximum Gasteiger partial charge on any atom is 0.255 e. The Labute approximate surface area is 155 Å². The summed E-state index contributed by atoms with van der Waals surface area (Å²) in [5.41, 5.74) is 1.94. The molecule has 0 aliphatic carbocycles. The van der Waals surface area contributed by atoms with Crippen LogP contribution in [0, 0.1) is 3.70 Å². The fourth-order valence-corrected chi connectivity index (χ4v) is 2.94. The Bertz CT molecular complexity index is 1040. The van der Waals surface area contributed by atoms with Crippen LogP contribution in [-0.2, 0) is 0 Å². The van der Waals surface area contributed by atoms with Crippen molar-refractivity contribution < 1.29 is 13.7 Å². The SMILES string of the molecule is C[C@H](NC(=O)c1ccoc1)c1nc(-c2cccn3c(I)cnc23)no1. The van der Waals surface area contributed by atoms with E-state index in [0.29, 0.717) is 17.3 Å². The van der Waals surface area contributed by atoms with Crippen LogP contribution in [0.5, 0.6) is 0 Å². The molecule has 8 nitrogen and oxygen atoms in total. The number of fused-ring (bicyclic) bond motifs is 1. The molecular formula is C16H12IN5O3. The number of aromatic nitrogens is 4. The van der Waals surface area contributed by atoms with Gasteiger partial charge in [0.05, 0.1) is 23.6 Å². The van der Waals surface area contributed by atoms with E-state index in [9.17, 15) is 4.79 Å². The van der Waals surface area contributed by atoms with Crippen LogP contribution < -0.4 is 5.32 Å². The zero-order chi connectivity index (χ0) is 17.4. The lowest BCUT2D eigenvalue weighted by atomic mass is 10.2. The van der Waals surface area contributed by atoms with Crippen LogP contribution >= 0.6 is 22.6 Å². The number of amides is 1. The lowest BCUT2D eigenvalue weighted by molar-refractivity contribution is 0.0932. The monoisotopic (exact) mass is 449 g/mol. The van der Waals surface area contributed by atoms with E-state index in [2.05, 4.69) is 43.0 Å². The second-order valence-electron chi connectivity index (χ2n) is 5.36. The van der Waals surface area contributed by atoms with Gasteiger partial charge >= 0.3 is 0 Å². The normalized spacial score (nSPS) is 12.4. The number of pyridine rings is 1. The van der Waals surface area contributed by atoms with Gasteiger partial charge in [-0.25, -0.2) is 4.98 Å². The molecule has 4 aromatic rings. The minimum absolute atomic E-state index is 0.272. The predicted molar refractivity (Wildman–Crippen MR) is 95.8 cm³/mol. The first-order valence-electron chi connectivity index (χ1n) is 7.42. The Balaban J connectivity index is 1.60. The third-order valence-corrected chi connectivity index (χ3v) is 4.47. The van der Waals surface area contributed by atoms with Crippen LogP contribution in [0.15, 0.2) is 52.1 Å². The van der Waals surface area contributed by atoms with Crippen molar-refractivity contribution in [3.05, 3.63) is 58.3 Å². The molecule has 0 fully saturated rings. The average Bonchev–Trinajstić information content (AvgIpc) is 3.36. The lowest BCUT2D eigenvalue weighted by Gasteiger charge is -2.07. The van der Waals surface area contributed by atoms with Gasteiger partial charge in [-0.05, 0) is 47.7 Å². The second kappa shape index (κ2) is 6.31. The molecule has 1 amide bonds. The van der Waals surface area contributed by atoms with E-state index in [-0.39, 0.29) is 5.91 Å². The first-order chi connectivity index (χ1) is 12.1. The minimum Gasteiger partial charge on any atom is -0.472 e. The summed E-state index contributed by atoms with van der Waals surface area (Å²) in [5, 5.41) is 6.81. The number of hydrogen-bond donors (Lipinski definition) is 1. The highest BCUT2D eigenvalue weighted by Gasteiger charge is 2.20. The van der Waals surface area contributed by atoms with Gasteiger partial charge in [0, 0.05) is 6.20 Å². The van der Waals surface area contributed by atoms with Crippen LogP contribution in [0.4, 0.5) is 0 Å². The zero-order valence-electron chi connectivity index (χ0n) is 13.0. The second-order valence-corrected chi connectivity index (χ2v) is 6.47. The number of imidazole rings is 1. The quantitative estimate of drug-likeness (QED) is 0.481. The Morgan fingerprint density at radius 1 is 1.40 bits per heavy atom. The van der Waals surface area contributed by atoms with E-state index in [4.69, 9.17) is 8.94 Å². The van der Waals surface area contributed by atoms with Gasteiger partial charge in [-0.2, -0.15) is 4.98 Å². The molecule has 0 radical (unpaired) electrons. The molecule has 0 aliphatic heterocycles. The number of hydrogen-bond acceptors (Lipinski definition) is 6. The molecule has 0 bridgehead atoms. The Kier molecular flexibility index (Phi) is 3.99. The minimum atomic E-state index is -0.441. The summed E-state index contributed by atoms with van der Waals surface area (Å²) < 4.78 is 13.1. The highest BCUT2D eigenvalue weighted by molar-refractivity contribution is 14.1. The number of furan rings is 1. The van der Waals surface area contributed by atoms with Crippen LogP contribution in [0.2, 0.25) is 0 Å². The number of rotatable bonds is 4. The Morgan fingerprint density at radius 3 is 3.08 bits per heavy atom. The number of carbonyl (C=O) groups excluding carboxylic acids is 1. The summed E-state index contributed by atoms with van der Waals surface area (Å²) in [6.07, 6.45) is 6.51. The van der Waals surface area contributed by atoms with Crippen molar-refractivity contribution in [2.45, 2.75) is 13.0 Å². The third-order valence-electron chi connectivity index (χ3n) is 3.67. The van der Waals surface area contributed by atoms with Crippen molar-refractivity contribution in [1.82, 2.24) is 24.8 Å². The molecule has 4 aromatic heterocycles. The molecule has 0 saturated carbocycles. The number of carbonyl (C=O) groups is 1. The largest absolute Gasteiger partial charge is 0.472 e. The molecule has 1 N–H and O–H groups in total. The summed E-state index contributed by atoms with van der Waals surface area (Å²) in [6, 6.07) is 4.92. The van der Waals surface area contributed by atoms with Gasteiger partial charge in [-0.1, -0.05) is 5.16 Å². The highest BCUT2D eigenvalue weighted by atomic mass is 127. The van der Waals surface area contributed by atoms with Gasteiger partial charge in [-0.15, -0.1) is 0 Å². The Morgan fingerprint density at radius 2 is 2.28 bits per heavy atom. The van der Waals surface area contributed by atoms with Crippen molar-refractivity contribution in [2.24, 2.45) is 0 Å². The van der Waals surface area contributed by atoms with Gasteiger partial charge in [-0.3, -0.25) is 9.20 Å². The van der Waals surface area contributed by atoms with Gasteiger partial charge in [0.25, 0.3) is 5.91 Å². The van der Waals surface area contributed by atoms with Crippen LogP contribution in [-0.4, -0.2) is 25.4 Å². The van der Waals surface area contributed by atoms with E-state index >= 15 is 0 Å². The average molecular weight is 449 g/mol.